The number of rotatable bonds is 6. The average Bonchev–Trinajstić information content (AvgIpc) is 3.29. The van der Waals surface area contributed by atoms with Gasteiger partial charge >= 0.3 is 0 Å². The summed E-state index contributed by atoms with van der Waals surface area (Å²) in [4.78, 5) is 46.1. The monoisotopic (exact) mass is 449 g/mol. The van der Waals surface area contributed by atoms with Crippen molar-refractivity contribution in [2.24, 2.45) is 0 Å². The van der Waals surface area contributed by atoms with Crippen molar-refractivity contribution in [3.63, 3.8) is 0 Å². The molecule has 1 aromatic carbocycles. The molecular formula is C18H19N5O7S. The van der Waals surface area contributed by atoms with Gasteiger partial charge in [-0.05, 0) is 31.0 Å². The second-order valence-electron chi connectivity index (χ2n) is 6.75. The van der Waals surface area contributed by atoms with Crippen molar-refractivity contribution >= 4 is 27.5 Å². The first-order valence-corrected chi connectivity index (χ1v) is 10.7. The van der Waals surface area contributed by atoms with Gasteiger partial charge in [0.05, 0.1) is 9.82 Å². The molecule has 0 radical (unpaired) electrons. The fraction of sp³-hybridized carbons (Fsp3) is 0.278. The largest absolute Gasteiger partial charge is 0.305 e. The summed E-state index contributed by atoms with van der Waals surface area (Å²) in [5.41, 5.74) is 3.54. The molecule has 1 aromatic heterocycles. The molecule has 2 aromatic rings. The minimum atomic E-state index is -3.76. The van der Waals surface area contributed by atoms with E-state index in [0.29, 0.717) is 13.1 Å². The van der Waals surface area contributed by atoms with Crippen LogP contribution < -0.4 is 16.4 Å². The standard InChI is InChI=1S/C18H19N5O7S/c24-16(19-20-18(26)13-3-5-14(6-4-13)23(27)28)12-21-11-15(7-8-17(21)25)31(29,30)22-9-1-2-10-22/h3-8,11H,1-2,9-10,12H2,(H,19,24)(H,20,26). The normalized spacial score (nSPS) is 14.2. The van der Waals surface area contributed by atoms with Gasteiger partial charge in [-0.3, -0.25) is 35.3 Å². The molecule has 31 heavy (non-hydrogen) atoms. The Hall–Kier alpha value is -3.58. The highest BCUT2D eigenvalue weighted by atomic mass is 32.2. The quantitative estimate of drug-likeness (QED) is 0.463. The van der Waals surface area contributed by atoms with Gasteiger partial charge in [-0.15, -0.1) is 0 Å². The second kappa shape index (κ2) is 9.06. The number of nitrogens with one attached hydrogen (secondary N) is 2. The summed E-state index contributed by atoms with van der Waals surface area (Å²) >= 11 is 0. The summed E-state index contributed by atoms with van der Waals surface area (Å²) in [5.74, 6) is -1.49. The molecule has 0 saturated carbocycles. The zero-order chi connectivity index (χ0) is 22.6. The number of hydrazine groups is 1. The number of non-ortho nitro benzene ring substituents is 1. The lowest BCUT2D eigenvalue weighted by Crippen LogP contribution is -2.44. The van der Waals surface area contributed by atoms with E-state index >= 15 is 0 Å². The van der Waals surface area contributed by atoms with Crippen LogP contribution in [0.15, 0.2) is 52.3 Å². The lowest BCUT2D eigenvalue weighted by molar-refractivity contribution is -0.384. The van der Waals surface area contributed by atoms with Crippen LogP contribution in [-0.4, -0.2) is 47.1 Å². The average molecular weight is 449 g/mol. The van der Waals surface area contributed by atoms with Crippen LogP contribution in [-0.2, 0) is 21.4 Å². The van der Waals surface area contributed by atoms with Crippen molar-refractivity contribution in [1.29, 1.82) is 0 Å². The molecule has 3 rings (SSSR count). The maximum absolute atomic E-state index is 12.6. The summed E-state index contributed by atoms with van der Waals surface area (Å²) < 4.78 is 27.5. The number of amides is 2. The summed E-state index contributed by atoms with van der Waals surface area (Å²) in [5, 5.41) is 10.6. The lowest BCUT2D eigenvalue weighted by atomic mass is 10.2. The van der Waals surface area contributed by atoms with Gasteiger partial charge in [0.25, 0.3) is 23.1 Å². The van der Waals surface area contributed by atoms with Gasteiger partial charge in [0.2, 0.25) is 10.0 Å². The van der Waals surface area contributed by atoms with E-state index in [0.717, 1.165) is 41.8 Å². The van der Waals surface area contributed by atoms with Crippen LogP contribution in [0.3, 0.4) is 0 Å². The van der Waals surface area contributed by atoms with E-state index in [1.54, 1.807) is 0 Å². The Morgan fingerprint density at radius 1 is 1.03 bits per heavy atom. The Morgan fingerprint density at radius 3 is 2.29 bits per heavy atom. The van der Waals surface area contributed by atoms with E-state index in [1.807, 2.05) is 0 Å². The fourth-order valence-corrected chi connectivity index (χ4v) is 4.53. The first-order valence-electron chi connectivity index (χ1n) is 9.23. The van der Waals surface area contributed by atoms with Crippen LogP contribution in [0.25, 0.3) is 0 Å². The highest BCUT2D eigenvalue weighted by Gasteiger charge is 2.27. The lowest BCUT2D eigenvalue weighted by Gasteiger charge is -2.16. The van der Waals surface area contributed by atoms with Crippen molar-refractivity contribution in [3.05, 3.63) is 68.6 Å². The number of hydrogen-bond acceptors (Lipinski definition) is 7. The number of nitrogens with zero attached hydrogens (tertiary/aromatic N) is 3. The molecule has 0 unspecified atom stereocenters. The number of carbonyl (C=O) groups is 2. The zero-order valence-corrected chi connectivity index (χ0v) is 17.0. The minimum absolute atomic E-state index is 0.0711. The van der Waals surface area contributed by atoms with Gasteiger partial charge in [0.15, 0.2) is 0 Å². The van der Waals surface area contributed by atoms with E-state index < -0.39 is 38.9 Å². The number of sulfonamides is 1. The molecule has 0 bridgehead atoms. The van der Waals surface area contributed by atoms with E-state index in [1.165, 1.54) is 22.5 Å². The molecule has 0 aliphatic carbocycles. The molecule has 13 heteroatoms. The second-order valence-corrected chi connectivity index (χ2v) is 8.69. The minimum Gasteiger partial charge on any atom is -0.305 e. The van der Waals surface area contributed by atoms with E-state index in [4.69, 9.17) is 0 Å². The SMILES string of the molecule is O=C(Cn1cc(S(=O)(=O)N2CCCC2)ccc1=O)NNC(=O)c1ccc([N+](=O)[O-])cc1. The van der Waals surface area contributed by atoms with Gasteiger partial charge in [-0.1, -0.05) is 0 Å². The maximum Gasteiger partial charge on any atom is 0.269 e. The van der Waals surface area contributed by atoms with Gasteiger partial charge in [-0.25, -0.2) is 8.42 Å². The molecule has 2 heterocycles. The van der Waals surface area contributed by atoms with Crippen LogP contribution in [0.4, 0.5) is 5.69 Å². The van der Waals surface area contributed by atoms with Gasteiger partial charge in [0.1, 0.15) is 6.54 Å². The fourth-order valence-electron chi connectivity index (χ4n) is 2.99. The topological polar surface area (TPSA) is 161 Å². The number of hydrogen-bond donors (Lipinski definition) is 2. The van der Waals surface area contributed by atoms with Crippen molar-refractivity contribution in [2.75, 3.05) is 13.1 Å². The first kappa shape index (κ1) is 22.1. The van der Waals surface area contributed by atoms with Crippen LogP contribution in [0, 0.1) is 10.1 Å². The third kappa shape index (κ3) is 5.13. The smallest absolute Gasteiger partial charge is 0.269 e. The summed E-state index contributed by atoms with van der Waals surface area (Å²) in [6.45, 7) is 0.274. The molecule has 0 spiro atoms. The van der Waals surface area contributed by atoms with Crippen molar-refractivity contribution in [1.82, 2.24) is 19.7 Å². The van der Waals surface area contributed by atoms with Crippen LogP contribution in [0.2, 0.25) is 0 Å². The third-order valence-corrected chi connectivity index (χ3v) is 6.51. The van der Waals surface area contributed by atoms with E-state index in [9.17, 15) is 32.9 Å². The predicted octanol–water partition coefficient (Wildman–Crippen LogP) is 0.00220. The molecule has 1 aliphatic rings. The van der Waals surface area contributed by atoms with Crippen LogP contribution in [0.5, 0.6) is 0 Å². The summed E-state index contributed by atoms with van der Waals surface area (Å²) in [6.07, 6.45) is 2.61. The van der Waals surface area contributed by atoms with E-state index in [2.05, 4.69) is 10.9 Å². The van der Waals surface area contributed by atoms with Gasteiger partial charge < -0.3 is 4.57 Å². The maximum atomic E-state index is 12.6. The van der Waals surface area contributed by atoms with Gasteiger partial charge in [0, 0.05) is 43.0 Å². The molecule has 2 amide bonds. The number of nitro groups is 1. The van der Waals surface area contributed by atoms with Crippen molar-refractivity contribution in [3.8, 4) is 0 Å². The van der Waals surface area contributed by atoms with Crippen LogP contribution >= 0.6 is 0 Å². The van der Waals surface area contributed by atoms with E-state index in [-0.39, 0.29) is 16.1 Å². The Bertz CT molecular complexity index is 1170. The summed E-state index contributed by atoms with van der Waals surface area (Å²) in [7, 11) is -3.76. The number of aromatic nitrogens is 1. The predicted molar refractivity (Wildman–Crippen MR) is 107 cm³/mol. The van der Waals surface area contributed by atoms with Crippen molar-refractivity contribution < 1.29 is 22.9 Å². The molecule has 1 fully saturated rings. The molecule has 2 N–H and O–H groups in total. The Kier molecular flexibility index (Phi) is 6.46. The number of pyridine rings is 1. The number of carbonyl (C=O) groups excluding carboxylic acids is 2. The first-order chi connectivity index (χ1) is 14.7. The van der Waals surface area contributed by atoms with Crippen molar-refractivity contribution in [2.45, 2.75) is 24.3 Å². The molecule has 1 saturated heterocycles. The van der Waals surface area contributed by atoms with Gasteiger partial charge in [-0.2, -0.15) is 4.31 Å². The third-order valence-electron chi connectivity index (χ3n) is 4.63. The Morgan fingerprint density at radius 2 is 1.68 bits per heavy atom. The Labute approximate surface area is 176 Å². The van der Waals surface area contributed by atoms with Crippen LogP contribution in [0.1, 0.15) is 23.2 Å². The number of nitro benzene ring substituents is 1. The highest BCUT2D eigenvalue weighted by Crippen LogP contribution is 2.19. The zero-order valence-electron chi connectivity index (χ0n) is 16.2. The molecule has 12 nitrogen and oxygen atoms in total. The summed E-state index contributed by atoms with van der Waals surface area (Å²) in [6, 6.07) is 6.98. The molecule has 1 aliphatic heterocycles. The molecule has 0 atom stereocenters. The highest BCUT2D eigenvalue weighted by molar-refractivity contribution is 7.89. The molecule has 164 valence electrons. The molecular weight excluding hydrogens is 430 g/mol. The number of benzene rings is 1. The Balaban J connectivity index is 1.64.